The van der Waals surface area contributed by atoms with Crippen molar-refractivity contribution in [2.45, 2.75) is 36.7 Å². The van der Waals surface area contributed by atoms with E-state index < -0.39 is 10.0 Å². The third-order valence-corrected chi connectivity index (χ3v) is 5.35. The Hall–Kier alpha value is -1.15. The van der Waals surface area contributed by atoms with Gasteiger partial charge in [-0.2, -0.15) is 0 Å². The fourth-order valence-electron chi connectivity index (χ4n) is 2.53. The first-order valence-corrected chi connectivity index (χ1v) is 8.87. The molecule has 0 radical (unpaired) electrons. The van der Waals surface area contributed by atoms with Crippen LogP contribution in [0.2, 0.25) is 0 Å². The van der Waals surface area contributed by atoms with Crippen LogP contribution in [0.5, 0.6) is 0 Å². The van der Waals surface area contributed by atoms with Gasteiger partial charge in [0, 0.05) is 31.7 Å². The van der Waals surface area contributed by atoms with Crippen molar-refractivity contribution in [2.24, 2.45) is 0 Å². The summed E-state index contributed by atoms with van der Waals surface area (Å²) in [7, 11) is -0.363. The number of amides is 1. The molecule has 1 saturated heterocycles. The van der Waals surface area contributed by atoms with Crippen molar-refractivity contribution in [2.75, 3.05) is 20.6 Å². The molecule has 0 aliphatic carbocycles. The lowest BCUT2D eigenvalue weighted by atomic mass is 10.0. The number of nitrogens with zero attached hydrogens (tertiary/aromatic N) is 1. The quantitative estimate of drug-likeness (QED) is 0.845. The van der Waals surface area contributed by atoms with Gasteiger partial charge in [0.1, 0.15) is 0 Å². The fraction of sp³-hybridized carbons (Fsp3) is 0.533. The van der Waals surface area contributed by atoms with E-state index in [9.17, 15) is 13.2 Å². The van der Waals surface area contributed by atoms with Gasteiger partial charge < -0.3 is 10.2 Å². The highest BCUT2D eigenvalue weighted by atomic mass is 35.5. The topological polar surface area (TPSA) is 78.5 Å². The van der Waals surface area contributed by atoms with Crippen LogP contribution >= 0.6 is 12.4 Å². The average molecular weight is 362 g/mol. The van der Waals surface area contributed by atoms with Gasteiger partial charge in [0.25, 0.3) is 5.91 Å². The number of hydrogen-bond donors (Lipinski definition) is 2. The molecule has 2 unspecified atom stereocenters. The number of benzene rings is 1. The Bertz CT molecular complexity index is 649. The predicted octanol–water partition coefficient (Wildman–Crippen LogP) is 1.23. The van der Waals surface area contributed by atoms with Crippen molar-refractivity contribution in [3.05, 3.63) is 29.8 Å². The molecule has 2 rings (SSSR count). The van der Waals surface area contributed by atoms with Crippen LogP contribution in [0.4, 0.5) is 0 Å². The molecular formula is C15H24ClN3O3S. The minimum Gasteiger partial charge on any atom is -0.345 e. The molecule has 1 fully saturated rings. The third kappa shape index (κ3) is 4.91. The maximum absolute atomic E-state index is 12.5. The Labute approximate surface area is 144 Å². The van der Waals surface area contributed by atoms with Crippen molar-refractivity contribution in [3.63, 3.8) is 0 Å². The smallest absolute Gasteiger partial charge is 0.253 e. The second-order valence-corrected chi connectivity index (χ2v) is 7.55. The second kappa shape index (κ2) is 8.10. The van der Waals surface area contributed by atoms with Gasteiger partial charge in [0.2, 0.25) is 10.0 Å². The molecule has 6 nitrogen and oxygen atoms in total. The highest BCUT2D eigenvalue weighted by molar-refractivity contribution is 7.89. The average Bonchev–Trinajstić information content (AvgIpc) is 2.48. The van der Waals surface area contributed by atoms with Gasteiger partial charge in [0.05, 0.1) is 4.90 Å². The molecule has 1 amide bonds. The molecule has 1 aromatic carbocycles. The highest BCUT2D eigenvalue weighted by Gasteiger charge is 2.27. The molecule has 1 aromatic rings. The Balaban J connectivity index is 0.00000264. The minimum atomic E-state index is -3.64. The first kappa shape index (κ1) is 19.9. The number of carbonyl (C=O) groups is 1. The van der Waals surface area contributed by atoms with Crippen LogP contribution in [-0.2, 0) is 10.0 Å². The van der Waals surface area contributed by atoms with E-state index in [1.54, 1.807) is 26.2 Å². The SMILES string of the molecule is CC1NCCCC1NS(=O)(=O)c1cccc(C(=O)N(C)C)c1.Cl. The summed E-state index contributed by atoms with van der Waals surface area (Å²) in [4.78, 5) is 13.5. The molecule has 0 saturated carbocycles. The fourth-order valence-corrected chi connectivity index (χ4v) is 3.92. The number of sulfonamides is 1. The van der Waals surface area contributed by atoms with Gasteiger partial charge >= 0.3 is 0 Å². The molecule has 0 spiro atoms. The van der Waals surface area contributed by atoms with Crippen LogP contribution in [0.3, 0.4) is 0 Å². The summed E-state index contributed by atoms with van der Waals surface area (Å²) in [5, 5.41) is 3.26. The Morgan fingerprint density at radius 1 is 1.35 bits per heavy atom. The predicted molar refractivity (Wildman–Crippen MR) is 92.5 cm³/mol. The molecule has 1 heterocycles. The van der Waals surface area contributed by atoms with Gasteiger partial charge in [-0.1, -0.05) is 6.07 Å². The molecule has 1 aliphatic heterocycles. The summed E-state index contributed by atoms with van der Waals surface area (Å²) in [6, 6.07) is 6.10. The lowest BCUT2D eigenvalue weighted by Crippen LogP contribution is -2.51. The normalized spacial score (nSPS) is 21.3. The number of hydrogen-bond acceptors (Lipinski definition) is 4. The number of nitrogens with one attached hydrogen (secondary N) is 2. The largest absolute Gasteiger partial charge is 0.345 e. The van der Waals surface area contributed by atoms with E-state index in [0.717, 1.165) is 19.4 Å². The summed E-state index contributed by atoms with van der Waals surface area (Å²) in [5.41, 5.74) is 0.364. The van der Waals surface area contributed by atoms with Crippen molar-refractivity contribution in [1.82, 2.24) is 14.9 Å². The number of rotatable bonds is 4. The lowest BCUT2D eigenvalue weighted by Gasteiger charge is -2.30. The Morgan fingerprint density at radius 3 is 2.65 bits per heavy atom. The number of piperidine rings is 1. The Morgan fingerprint density at radius 2 is 2.04 bits per heavy atom. The minimum absolute atomic E-state index is 0. The maximum Gasteiger partial charge on any atom is 0.253 e. The van der Waals surface area contributed by atoms with Crippen LogP contribution in [0.25, 0.3) is 0 Å². The van der Waals surface area contributed by atoms with Crippen molar-refractivity contribution >= 4 is 28.3 Å². The van der Waals surface area contributed by atoms with E-state index in [2.05, 4.69) is 10.0 Å². The van der Waals surface area contributed by atoms with E-state index in [-0.39, 0.29) is 35.3 Å². The van der Waals surface area contributed by atoms with Crippen LogP contribution < -0.4 is 10.0 Å². The van der Waals surface area contributed by atoms with Gasteiger partial charge in [-0.25, -0.2) is 13.1 Å². The van der Waals surface area contributed by atoms with Gasteiger partial charge in [-0.3, -0.25) is 4.79 Å². The highest BCUT2D eigenvalue weighted by Crippen LogP contribution is 2.16. The van der Waals surface area contributed by atoms with Gasteiger partial charge in [0.15, 0.2) is 0 Å². The molecule has 23 heavy (non-hydrogen) atoms. The zero-order valence-electron chi connectivity index (χ0n) is 13.6. The third-order valence-electron chi connectivity index (χ3n) is 3.87. The van der Waals surface area contributed by atoms with Crippen molar-refractivity contribution in [1.29, 1.82) is 0 Å². The summed E-state index contributed by atoms with van der Waals surface area (Å²) in [6.07, 6.45) is 1.75. The summed E-state index contributed by atoms with van der Waals surface area (Å²) >= 11 is 0. The molecule has 1 aliphatic rings. The molecule has 0 aromatic heterocycles. The molecular weight excluding hydrogens is 338 g/mol. The molecule has 8 heteroatoms. The lowest BCUT2D eigenvalue weighted by molar-refractivity contribution is 0.0827. The number of halogens is 1. The van der Waals surface area contributed by atoms with Crippen LogP contribution in [0.1, 0.15) is 30.1 Å². The van der Waals surface area contributed by atoms with Crippen molar-refractivity contribution < 1.29 is 13.2 Å². The molecule has 0 bridgehead atoms. The van der Waals surface area contributed by atoms with Gasteiger partial charge in [-0.05, 0) is 44.5 Å². The molecule has 2 atom stereocenters. The first-order chi connectivity index (χ1) is 10.3. The monoisotopic (exact) mass is 361 g/mol. The zero-order chi connectivity index (χ0) is 16.3. The van der Waals surface area contributed by atoms with Crippen LogP contribution in [0, 0.1) is 0 Å². The molecule has 130 valence electrons. The van der Waals surface area contributed by atoms with E-state index in [1.807, 2.05) is 6.92 Å². The second-order valence-electron chi connectivity index (χ2n) is 5.84. The maximum atomic E-state index is 12.5. The van der Waals surface area contributed by atoms with Crippen LogP contribution in [0.15, 0.2) is 29.2 Å². The number of carbonyl (C=O) groups excluding carboxylic acids is 1. The van der Waals surface area contributed by atoms with E-state index in [1.165, 1.54) is 17.0 Å². The van der Waals surface area contributed by atoms with E-state index in [4.69, 9.17) is 0 Å². The zero-order valence-corrected chi connectivity index (χ0v) is 15.2. The Kier molecular flexibility index (Phi) is 7.01. The van der Waals surface area contributed by atoms with Crippen LogP contribution in [-0.4, -0.2) is 51.9 Å². The van der Waals surface area contributed by atoms with Gasteiger partial charge in [-0.15, -0.1) is 12.4 Å². The van der Waals surface area contributed by atoms with Crippen molar-refractivity contribution in [3.8, 4) is 0 Å². The summed E-state index contributed by atoms with van der Waals surface area (Å²) in [6.45, 7) is 2.88. The first-order valence-electron chi connectivity index (χ1n) is 7.38. The standard InChI is InChI=1S/C15H23N3O3S.ClH/c1-11-14(8-5-9-16-11)17-22(20,21)13-7-4-6-12(10-13)15(19)18(2)3;/h4,6-7,10-11,14,16-17H,5,8-9H2,1-3H3;1H. The summed E-state index contributed by atoms with van der Waals surface area (Å²) < 4.78 is 27.8. The molecule has 2 N–H and O–H groups in total. The van der Waals surface area contributed by atoms with E-state index >= 15 is 0 Å². The van der Waals surface area contributed by atoms with E-state index in [0.29, 0.717) is 5.56 Å². The summed E-state index contributed by atoms with van der Waals surface area (Å²) in [5.74, 6) is -0.218.